The molecule has 2 atom stereocenters. The Morgan fingerprint density at radius 3 is 2.96 bits per heavy atom. The molecule has 3 rings (SSSR count). The maximum absolute atomic E-state index is 12.5. The maximum Gasteiger partial charge on any atom is 0.317 e. The Hall–Kier alpha value is -1.86. The highest BCUT2D eigenvalue weighted by Gasteiger charge is 2.29. The summed E-state index contributed by atoms with van der Waals surface area (Å²) >= 11 is 1.64. The zero-order valence-corrected chi connectivity index (χ0v) is 14.4. The van der Waals surface area contributed by atoms with Crippen molar-refractivity contribution in [2.45, 2.75) is 39.5 Å². The number of aryl methyl sites for hydroxylation is 2. The number of urea groups is 1. The first-order valence-corrected chi connectivity index (χ1v) is 8.61. The van der Waals surface area contributed by atoms with Crippen molar-refractivity contribution in [2.24, 2.45) is 0 Å². The number of nitrogens with zero attached hydrogens (tertiary/aromatic N) is 2. The average molecular weight is 335 g/mol. The van der Waals surface area contributed by atoms with Crippen LogP contribution in [0.2, 0.25) is 0 Å². The molecule has 1 fully saturated rings. The molecule has 1 aliphatic heterocycles. The summed E-state index contributed by atoms with van der Waals surface area (Å²) in [6.45, 7) is 7.30. The molecule has 1 saturated heterocycles. The normalized spacial score (nSPS) is 21.4. The molecule has 0 radical (unpaired) electrons. The lowest BCUT2D eigenvalue weighted by atomic mass is 10.1. The van der Waals surface area contributed by atoms with Crippen LogP contribution in [0.15, 0.2) is 21.3 Å². The third-order valence-electron chi connectivity index (χ3n) is 4.06. The van der Waals surface area contributed by atoms with Crippen LogP contribution in [0.1, 0.15) is 35.6 Å². The van der Waals surface area contributed by atoms with Gasteiger partial charge in [0.25, 0.3) is 0 Å². The van der Waals surface area contributed by atoms with Gasteiger partial charge in [0.2, 0.25) is 0 Å². The average Bonchev–Trinajstić information content (AvgIpc) is 3.16. The Morgan fingerprint density at radius 2 is 2.30 bits per heavy atom. The molecular weight excluding hydrogens is 314 g/mol. The predicted molar refractivity (Wildman–Crippen MR) is 87.4 cm³/mol. The quantitative estimate of drug-likeness (QED) is 0.936. The van der Waals surface area contributed by atoms with Crippen molar-refractivity contribution in [3.05, 3.63) is 39.4 Å². The number of aromatic nitrogens is 1. The van der Waals surface area contributed by atoms with Crippen molar-refractivity contribution < 1.29 is 14.1 Å². The molecule has 1 N–H and O–H groups in total. The van der Waals surface area contributed by atoms with E-state index in [1.54, 1.807) is 11.3 Å². The molecule has 7 heteroatoms. The molecule has 6 nitrogen and oxygen atoms in total. The highest BCUT2D eigenvalue weighted by Crippen LogP contribution is 2.26. The molecule has 0 saturated carbocycles. The van der Waals surface area contributed by atoms with Gasteiger partial charge in [-0.3, -0.25) is 0 Å². The lowest BCUT2D eigenvalue weighted by Crippen LogP contribution is -2.49. The first-order chi connectivity index (χ1) is 11.0. The summed E-state index contributed by atoms with van der Waals surface area (Å²) in [6, 6.07) is 1.97. The molecule has 0 aliphatic carbocycles. The highest BCUT2D eigenvalue weighted by molar-refractivity contribution is 7.07. The SMILES string of the molecule is Cc1noc(C)c1CNC(=O)N1C[C@@H](c2ccsc2)O[C@@H](C)C1. The van der Waals surface area contributed by atoms with E-state index in [9.17, 15) is 4.79 Å². The van der Waals surface area contributed by atoms with Gasteiger partial charge in [-0.2, -0.15) is 11.3 Å². The molecule has 0 bridgehead atoms. The van der Waals surface area contributed by atoms with Gasteiger partial charge in [0.05, 0.1) is 18.3 Å². The first kappa shape index (κ1) is 16.0. The van der Waals surface area contributed by atoms with Crippen LogP contribution in [-0.2, 0) is 11.3 Å². The van der Waals surface area contributed by atoms with Gasteiger partial charge in [-0.25, -0.2) is 4.79 Å². The van der Waals surface area contributed by atoms with Gasteiger partial charge in [-0.1, -0.05) is 5.16 Å². The third kappa shape index (κ3) is 3.56. The van der Waals surface area contributed by atoms with Crippen LogP contribution >= 0.6 is 11.3 Å². The molecule has 23 heavy (non-hydrogen) atoms. The second kappa shape index (κ2) is 6.72. The van der Waals surface area contributed by atoms with Crippen molar-refractivity contribution in [3.8, 4) is 0 Å². The fraction of sp³-hybridized carbons (Fsp3) is 0.500. The molecule has 0 unspecified atom stereocenters. The molecule has 0 spiro atoms. The highest BCUT2D eigenvalue weighted by atomic mass is 32.1. The summed E-state index contributed by atoms with van der Waals surface area (Å²) in [7, 11) is 0. The first-order valence-electron chi connectivity index (χ1n) is 7.66. The summed E-state index contributed by atoms with van der Waals surface area (Å²) in [4.78, 5) is 14.3. The minimum atomic E-state index is -0.0830. The molecule has 2 aromatic rings. The van der Waals surface area contributed by atoms with Crippen LogP contribution in [0.3, 0.4) is 0 Å². The van der Waals surface area contributed by atoms with Crippen LogP contribution in [0.25, 0.3) is 0 Å². The van der Waals surface area contributed by atoms with E-state index in [0.717, 1.165) is 22.6 Å². The van der Waals surface area contributed by atoms with Crippen LogP contribution in [0.5, 0.6) is 0 Å². The second-order valence-corrected chi connectivity index (χ2v) is 6.64. The number of hydrogen-bond acceptors (Lipinski definition) is 5. The standard InChI is InChI=1S/C16H21N3O3S/c1-10-7-19(8-15(21-10)13-4-5-23-9-13)16(20)17-6-14-11(2)18-22-12(14)3/h4-5,9-10,15H,6-8H2,1-3H3,(H,17,20)/t10-,15-/m0/s1. The summed E-state index contributed by atoms with van der Waals surface area (Å²) in [5, 5.41) is 11.0. The van der Waals surface area contributed by atoms with Gasteiger partial charge in [0.15, 0.2) is 0 Å². The van der Waals surface area contributed by atoms with Crippen LogP contribution in [0.4, 0.5) is 4.79 Å². The van der Waals surface area contributed by atoms with Crippen LogP contribution < -0.4 is 5.32 Å². The molecule has 0 aromatic carbocycles. The van der Waals surface area contributed by atoms with E-state index in [-0.39, 0.29) is 18.2 Å². The summed E-state index contributed by atoms with van der Waals surface area (Å²) < 4.78 is 11.1. The molecule has 3 heterocycles. The Labute approximate surface area is 139 Å². The number of ether oxygens (including phenoxy) is 1. The largest absolute Gasteiger partial charge is 0.367 e. The molecule has 124 valence electrons. The number of nitrogens with one attached hydrogen (secondary N) is 1. The van der Waals surface area contributed by atoms with Crippen LogP contribution in [0, 0.1) is 13.8 Å². The van der Waals surface area contributed by atoms with E-state index in [4.69, 9.17) is 9.26 Å². The zero-order chi connectivity index (χ0) is 16.4. The zero-order valence-electron chi connectivity index (χ0n) is 13.5. The van der Waals surface area contributed by atoms with Crippen molar-refractivity contribution in [1.29, 1.82) is 0 Å². The monoisotopic (exact) mass is 335 g/mol. The topological polar surface area (TPSA) is 67.6 Å². The van der Waals surface area contributed by atoms with E-state index < -0.39 is 0 Å². The van der Waals surface area contributed by atoms with E-state index in [2.05, 4.69) is 15.9 Å². The molecule has 2 amide bonds. The number of thiophene rings is 1. The Bertz CT molecular complexity index is 649. The Morgan fingerprint density at radius 1 is 1.48 bits per heavy atom. The van der Waals surface area contributed by atoms with E-state index >= 15 is 0 Å². The van der Waals surface area contributed by atoms with Gasteiger partial charge >= 0.3 is 6.03 Å². The van der Waals surface area contributed by atoms with Gasteiger partial charge in [0.1, 0.15) is 11.9 Å². The predicted octanol–water partition coefficient (Wildman–Crippen LogP) is 3.02. The summed E-state index contributed by atoms with van der Waals surface area (Å²) in [5.74, 6) is 0.745. The number of carbonyl (C=O) groups excluding carboxylic acids is 1. The molecular formula is C16H21N3O3S. The fourth-order valence-corrected chi connectivity index (χ4v) is 3.49. The number of morpholine rings is 1. The van der Waals surface area contributed by atoms with Crippen LogP contribution in [-0.4, -0.2) is 35.3 Å². The number of amides is 2. The van der Waals surface area contributed by atoms with Gasteiger partial charge < -0.3 is 19.5 Å². The Balaban J connectivity index is 1.62. The molecule has 2 aromatic heterocycles. The lowest BCUT2D eigenvalue weighted by Gasteiger charge is -2.36. The fourth-order valence-electron chi connectivity index (χ4n) is 2.79. The smallest absolute Gasteiger partial charge is 0.317 e. The minimum absolute atomic E-state index is 0.0125. The number of hydrogen-bond donors (Lipinski definition) is 1. The number of carbonyl (C=O) groups is 1. The summed E-state index contributed by atoms with van der Waals surface area (Å²) in [5.41, 5.74) is 2.88. The van der Waals surface area contributed by atoms with E-state index in [0.29, 0.717) is 19.6 Å². The van der Waals surface area contributed by atoms with Crippen molar-refractivity contribution in [2.75, 3.05) is 13.1 Å². The van der Waals surface area contributed by atoms with Crippen molar-refractivity contribution in [1.82, 2.24) is 15.4 Å². The van der Waals surface area contributed by atoms with Gasteiger partial charge in [0, 0.05) is 18.7 Å². The Kier molecular flexibility index (Phi) is 4.68. The lowest BCUT2D eigenvalue weighted by molar-refractivity contribution is -0.0655. The minimum Gasteiger partial charge on any atom is -0.367 e. The third-order valence-corrected chi connectivity index (χ3v) is 4.76. The van der Waals surface area contributed by atoms with E-state index in [1.165, 1.54) is 0 Å². The number of rotatable bonds is 3. The van der Waals surface area contributed by atoms with Gasteiger partial charge in [-0.05, 0) is 43.2 Å². The summed E-state index contributed by atoms with van der Waals surface area (Å²) in [6.07, 6.45) is -0.0479. The maximum atomic E-state index is 12.5. The molecule has 1 aliphatic rings. The van der Waals surface area contributed by atoms with Gasteiger partial charge in [-0.15, -0.1) is 0 Å². The second-order valence-electron chi connectivity index (χ2n) is 5.86. The van der Waals surface area contributed by atoms with Crippen molar-refractivity contribution in [3.63, 3.8) is 0 Å². The van der Waals surface area contributed by atoms with Crippen molar-refractivity contribution >= 4 is 17.4 Å². The van der Waals surface area contributed by atoms with E-state index in [1.807, 2.05) is 37.1 Å².